The first-order chi connectivity index (χ1) is 11.2. The fourth-order valence-electron chi connectivity index (χ4n) is 3.34. The normalized spacial score (nSPS) is 19.0. The fourth-order valence-corrected chi connectivity index (χ4v) is 4.14. The molecule has 1 aromatic heterocycles. The third-order valence-electron chi connectivity index (χ3n) is 4.64. The Morgan fingerprint density at radius 2 is 2.08 bits per heavy atom. The van der Waals surface area contributed by atoms with Gasteiger partial charge in [-0.1, -0.05) is 0 Å². The van der Waals surface area contributed by atoms with E-state index in [0.29, 0.717) is 18.7 Å². The smallest absolute Gasteiger partial charge is 0.253 e. The lowest BCUT2D eigenvalue weighted by Gasteiger charge is -2.32. The summed E-state index contributed by atoms with van der Waals surface area (Å²) in [6.45, 7) is 5.12. The Balaban J connectivity index is 1.82. The molecule has 0 aliphatic carbocycles. The van der Waals surface area contributed by atoms with Crippen LogP contribution in [0.25, 0.3) is 10.9 Å². The summed E-state index contributed by atoms with van der Waals surface area (Å²) in [7, 11) is -3.26. The van der Waals surface area contributed by atoms with E-state index in [0.717, 1.165) is 41.3 Å². The van der Waals surface area contributed by atoms with Gasteiger partial charge in [-0.25, -0.2) is 13.1 Å². The fraction of sp³-hybridized carbons (Fsp3) is 0.471. The number of piperidine rings is 1. The SMILES string of the molecule is Cc1[nH]c2ccc(C(=O)N3CCC[C@H](NS(C)(=O)=O)C3)cc2c1C. The van der Waals surface area contributed by atoms with Crippen LogP contribution < -0.4 is 4.72 Å². The quantitative estimate of drug-likeness (QED) is 0.888. The second-order valence-corrected chi connectivity index (χ2v) is 8.40. The van der Waals surface area contributed by atoms with Gasteiger partial charge in [-0.2, -0.15) is 0 Å². The van der Waals surface area contributed by atoms with Gasteiger partial charge in [0.15, 0.2) is 0 Å². The predicted molar refractivity (Wildman–Crippen MR) is 94.7 cm³/mol. The third-order valence-corrected chi connectivity index (χ3v) is 5.41. The summed E-state index contributed by atoms with van der Waals surface area (Å²) in [5, 5.41) is 1.06. The van der Waals surface area contributed by atoms with Crippen molar-refractivity contribution in [3.05, 3.63) is 35.0 Å². The third kappa shape index (κ3) is 3.47. The van der Waals surface area contributed by atoms with Gasteiger partial charge in [0.1, 0.15) is 0 Å². The van der Waals surface area contributed by atoms with E-state index in [-0.39, 0.29) is 11.9 Å². The Morgan fingerprint density at radius 1 is 1.33 bits per heavy atom. The average molecular weight is 349 g/mol. The van der Waals surface area contributed by atoms with Crippen LogP contribution in [0.5, 0.6) is 0 Å². The number of amides is 1. The molecule has 0 spiro atoms. The van der Waals surface area contributed by atoms with Crippen molar-refractivity contribution in [2.45, 2.75) is 32.7 Å². The van der Waals surface area contributed by atoms with Crippen LogP contribution in [-0.4, -0.2) is 49.6 Å². The molecule has 2 N–H and O–H groups in total. The number of carbonyl (C=O) groups is 1. The van der Waals surface area contributed by atoms with Crippen molar-refractivity contribution >= 4 is 26.8 Å². The van der Waals surface area contributed by atoms with Crippen LogP contribution >= 0.6 is 0 Å². The van der Waals surface area contributed by atoms with Crippen molar-refractivity contribution in [1.29, 1.82) is 0 Å². The van der Waals surface area contributed by atoms with Gasteiger partial charge < -0.3 is 9.88 Å². The maximum Gasteiger partial charge on any atom is 0.253 e. The molecule has 2 heterocycles. The minimum Gasteiger partial charge on any atom is -0.358 e. The summed E-state index contributed by atoms with van der Waals surface area (Å²) in [5.41, 5.74) is 3.92. The Labute approximate surface area is 142 Å². The first-order valence-corrected chi connectivity index (χ1v) is 9.99. The largest absolute Gasteiger partial charge is 0.358 e. The molecule has 1 saturated heterocycles. The summed E-state index contributed by atoms with van der Waals surface area (Å²) in [5.74, 6) is -0.0462. The van der Waals surface area contributed by atoms with Gasteiger partial charge in [-0.3, -0.25) is 4.79 Å². The Bertz CT molecular complexity index is 886. The molecule has 6 nitrogen and oxygen atoms in total. The zero-order valence-corrected chi connectivity index (χ0v) is 15.0. The van der Waals surface area contributed by atoms with Crippen LogP contribution in [0.3, 0.4) is 0 Å². The van der Waals surface area contributed by atoms with E-state index in [9.17, 15) is 13.2 Å². The number of rotatable bonds is 3. The number of aromatic amines is 1. The van der Waals surface area contributed by atoms with E-state index in [4.69, 9.17) is 0 Å². The Morgan fingerprint density at radius 3 is 2.79 bits per heavy atom. The van der Waals surface area contributed by atoms with Crippen LogP contribution in [0.1, 0.15) is 34.5 Å². The van der Waals surface area contributed by atoms with Crippen LogP contribution in [-0.2, 0) is 10.0 Å². The van der Waals surface area contributed by atoms with Crippen molar-refractivity contribution < 1.29 is 13.2 Å². The maximum atomic E-state index is 12.8. The number of fused-ring (bicyclic) bond motifs is 1. The van der Waals surface area contributed by atoms with Gasteiger partial charge in [0.25, 0.3) is 5.91 Å². The highest BCUT2D eigenvalue weighted by Gasteiger charge is 2.26. The molecule has 1 aliphatic rings. The van der Waals surface area contributed by atoms with Crippen molar-refractivity contribution in [2.24, 2.45) is 0 Å². The Hall–Kier alpha value is -1.86. The molecule has 2 aromatic rings. The lowest BCUT2D eigenvalue weighted by atomic mass is 10.0. The van der Waals surface area contributed by atoms with Crippen molar-refractivity contribution in [1.82, 2.24) is 14.6 Å². The average Bonchev–Trinajstić information content (AvgIpc) is 2.80. The first kappa shape index (κ1) is 17.0. The highest BCUT2D eigenvalue weighted by atomic mass is 32.2. The Kier molecular flexibility index (Phi) is 4.40. The molecule has 1 atom stereocenters. The zero-order chi connectivity index (χ0) is 17.5. The van der Waals surface area contributed by atoms with E-state index in [2.05, 4.69) is 9.71 Å². The lowest BCUT2D eigenvalue weighted by Crippen LogP contribution is -2.49. The number of hydrogen-bond acceptors (Lipinski definition) is 3. The second-order valence-electron chi connectivity index (χ2n) is 6.62. The molecule has 130 valence electrons. The minimum absolute atomic E-state index is 0.0462. The molecular formula is C17H23N3O3S. The molecule has 3 rings (SSSR count). The van der Waals surface area contributed by atoms with Gasteiger partial charge in [-0.05, 0) is 50.5 Å². The monoisotopic (exact) mass is 349 g/mol. The first-order valence-electron chi connectivity index (χ1n) is 8.10. The number of nitrogens with one attached hydrogen (secondary N) is 2. The molecular weight excluding hydrogens is 326 g/mol. The van der Waals surface area contributed by atoms with Crippen LogP contribution in [0.15, 0.2) is 18.2 Å². The van der Waals surface area contributed by atoms with Gasteiger partial charge in [0.05, 0.1) is 6.26 Å². The van der Waals surface area contributed by atoms with Gasteiger partial charge in [0, 0.05) is 41.3 Å². The van der Waals surface area contributed by atoms with E-state index in [1.165, 1.54) is 0 Å². The van der Waals surface area contributed by atoms with Crippen molar-refractivity contribution in [3.8, 4) is 0 Å². The van der Waals surface area contributed by atoms with E-state index < -0.39 is 10.0 Å². The number of aromatic nitrogens is 1. The number of likely N-dealkylation sites (tertiary alicyclic amines) is 1. The molecule has 0 unspecified atom stereocenters. The number of H-pyrrole nitrogens is 1. The molecule has 0 bridgehead atoms. The summed E-state index contributed by atoms with van der Waals surface area (Å²) in [6, 6.07) is 5.47. The van der Waals surface area contributed by atoms with Crippen LogP contribution in [0.4, 0.5) is 0 Å². The molecule has 24 heavy (non-hydrogen) atoms. The lowest BCUT2D eigenvalue weighted by molar-refractivity contribution is 0.0703. The number of aryl methyl sites for hydroxylation is 2. The molecule has 7 heteroatoms. The van der Waals surface area contributed by atoms with Gasteiger partial charge >= 0.3 is 0 Å². The minimum atomic E-state index is -3.26. The highest BCUT2D eigenvalue weighted by Crippen LogP contribution is 2.23. The maximum absolute atomic E-state index is 12.8. The van der Waals surface area contributed by atoms with E-state index in [1.807, 2.05) is 32.0 Å². The van der Waals surface area contributed by atoms with Crippen molar-refractivity contribution in [3.63, 3.8) is 0 Å². The number of nitrogens with zero attached hydrogens (tertiary/aromatic N) is 1. The molecule has 1 aliphatic heterocycles. The number of benzene rings is 1. The number of sulfonamides is 1. The standard InChI is InChI=1S/C17H23N3O3S/c1-11-12(2)18-16-7-6-13(9-15(11)16)17(21)20-8-4-5-14(10-20)19-24(3,22)23/h6-7,9,14,18-19H,4-5,8,10H2,1-3H3/t14-/m0/s1. The molecule has 1 aromatic carbocycles. The summed E-state index contributed by atoms with van der Waals surface area (Å²) in [4.78, 5) is 17.9. The second kappa shape index (κ2) is 6.22. The molecule has 1 amide bonds. The number of carbonyl (C=O) groups excluding carboxylic acids is 1. The molecule has 1 fully saturated rings. The summed E-state index contributed by atoms with van der Waals surface area (Å²) >= 11 is 0. The predicted octanol–water partition coefficient (Wildman–Crippen LogP) is 1.94. The summed E-state index contributed by atoms with van der Waals surface area (Å²) in [6.07, 6.45) is 2.70. The molecule has 0 saturated carbocycles. The van der Waals surface area contributed by atoms with Gasteiger partial charge in [0.2, 0.25) is 10.0 Å². The van der Waals surface area contributed by atoms with Crippen LogP contribution in [0.2, 0.25) is 0 Å². The van der Waals surface area contributed by atoms with E-state index in [1.54, 1.807) is 4.90 Å². The zero-order valence-electron chi connectivity index (χ0n) is 14.2. The summed E-state index contributed by atoms with van der Waals surface area (Å²) < 4.78 is 25.4. The van der Waals surface area contributed by atoms with E-state index >= 15 is 0 Å². The van der Waals surface area contributed by atoms with Crippen molar-refractivity contribution in [2.75, 3.05) is 19.3 Å². The molecule has 0 radical (unpaired) electrons. The van der Waals surface area contributed by atoms with Crippen LogP contribution in [0, 0.1) is 13.8 Å². The topological polar surface area (TPSA) is 82.3 Å². The van der Waals surface area contributed by atoms with Gasteiger partial charge in [-0.15, -0.1) is 0 Å². The highest BCUT2D eigenvalue weighted by molar-refractivity contribution is 7.88. The number of hydrogen-bond donors (Lipinski definition) is 2.